The predicted molar refractivity (Wildman–Crippen MR) is 76.1 cm³/mol. The molecule has 3 nitrogen and oxygen atoms in total. The number of nitrogens with one attached hydrogen (secondary N) is 1. The van der Waals surface area contributed by atoms with E-state index in [-0.39, 0.29) is 5.60 Å². The summed E-state index contributed by atoms with van der Waals surface area (Å²) in [4.78, 5) is 4.41. The molecular formula is C14H24N2OS. The molecule has 102 valence electrons. The number of aromatic nitrogens is 1. The number of ether oxygens (including phenoxy) is 1. The van der Waals surface area contributed by atoms with Crippen LogP contribution in [0.4, 0.5) is 0 Å². The van der Waals surface area contributed by atoms with Crippen molar-refractivity contribution in [3.05, 3.63) is 16.6 Å². The van der Waals surface area contributed by atoms with Gasteiger partial charge in [-0.05, 0) is 19.9 Å². The molecule has 1 aromatic rings. The van der Waals surface area contributed by atoms with Gasteiger partial charge in [-0.3, -0.25) is 0 Å². The van der Waals surface area contributed by atoms with E-state index in [1.54, 1.807) is 11.3 Å². The molecule has 1 unspecified atom stereocenters. The molecule has 1 saturated carbocycles. The van der Waals surface area contributed by atoms with Crippen LogP contribution in [0, 0.1) is 0 Å². The molecule has 1 aliphatic carbocycles. The summed E-state index contributed by atoms with van der Waals surface area (Å²) >= 11 is 1.74. The van der Waals surface area contributed by atoms with Crippen LogP contribution in [0.25, 0.3) is 0 Å². The molecule has 1 heterocycles. The summed E-state index contributed by atoms with van der Waals surface area (Å²) in [6.07, 6.45) is 10.5. The Kier molecular flexibility index (Phi) is 5.15. The highest BCUT2D eigenvalue weighted by molar-refractivity contribution is 7.09. The maximum absolute atomic E-state index is 5.97. The monoisotopic (exact) mass is 268 g/mol. The zero-order valence-electron chi connectivity index (χ0n) is 11.4. The van der Waals surface area contributed by atoms with Crippen LogP contribution in [-0.4, -0.2) is 30.8 Å². The fourth-order valence-corrected chi connectivity index (χ4v) is 3.76. The molecule has 0 aliphatic heterocycles. The summed E-state index contributed by atoms with van der Waals surface area (Å²) in [5.41, 5.74) is -0.00306. The van der Waals surface area contributed by atoms with Gasteiger partial charge < -0.3 is 10.1 Å². The molecule has 0 spiro atoms. The van der Waals surface area contributed by atoms with Gasteiger partial charge in [0.1, 0.15) is 0 Å². The average Bonchev–Trinajstić information content (AvgIpc) is 2.79. The third kappa shape index (κ3) is 3.11. The second-order valence-electron chi connectivity index (χ2n) is 5.15. The highest BCUT2D eigenvalue weighted by Crippen LogP contribution is 2.34. The average molecular weight is 268 g/mol. The van der Waals surface area contributed by atoms with Gasteiger partial charge in [0.2, 0.25) is 0 Å². The zero-order valence-corrected chi connectivity index (χ0v) is 12.3. The molecule has 1 aromatic heterocycles. The Morgan fingerprint density at radius 3 is 2.61 bits per heavy atom. The maximum atomic E-state index is 5.97. The molecule has 0 bridgehead atoms. The third-order valence-electron chi connectivity index (χ3n) is 4.20. The molecule has 18 heavy (non-hydrogen) atoms. The summed E-state index contributed by atoms with van der Waals surface area (Å²) in [6, 6.07) is 0.367. The lowest BCUT2D eigenvalue weighted by atomic mass is 9.84. The van der Waals surface area contributed by atoms with Crippen molar-refractivity contribution in [3.8, 4) is 0 Å². The molecule has 0 saturated heterocycles. The molecule has 0 radical (unpaired) electrons. The Morgan fingerprint density at radius 2 is 2.11 bits per heavy atom. The molecule has 0 aromatic carbocycles. The van der Waals surface area contributed by atoms with Gasteiger partial charge >= 0.3 is 0 Å². The number of likely N-dealkylation sites (N-methyl/N-ethyl adjacent to an activating group) is 1. The van der Waals surface area contributed by atoms with E-state index >= 15 is 0 Å². The highest BCUT2D eigenvalue weighted by Gasteiger charge is 2.38. The number of hydrogen-bond acceptors (Lipinski definition) is 4. The van der Waals surface area contributed by atoms with Crippen molar-refractivity contribution < 1.29 is 4.74 Å². The van der Waals surface area contributed by atoms with Crippen molar-refractivity contribution in [1.82, 2.24) is 10.3 Å². The molecule has 2 rings (SSSR count). The van der Waals surface area contributed by atoms with Crippen molar-refractivity contribution in [2.24, 2.45) is 0 Å². The Hall–Kier alpha value is -0.450. The van der Waals surface area contributed by atoms with Crippen LogP contribution in [-0.2, 0) is 11.2 Å². The SMILES string of the molecule is CNC(Cc1nccs1)C1(OC)CCCCCC1. The number of hydrogen-bond donors (Lipinski definition) is 1. The van der Waals surface area contributed by atoms with Crippen molar-refractivity contribution >= 4 is 11.3 Å². The van der Waals surface area contributed by atoms with Gasteiger partial charge in [0, 0.05) is 31.1 Å². The lowest BCUT2D eigenvalue weighted by molar-refractivity contribution is -0.0509. The van der Waals surface area contributed by atoms with Crippen LogP contribution in [0.5, 0.6) is 0 Å². The maximum Gasteiger partial charge on any atom is 0.0941 e. The van der Waals surface area contributed by atoms with E-state index in [0.29, 0.717) is 6.04 Å². The highest BCUT2D eigenvalue weighted by atomic mass is 32.1. The quantitative estimate of drug-likeness (QED) is 0.834. The van der Waals surface area contributed by atoms with E-state index in [2.05, 4.69) is 15.7 Å². The minimum absolute atomic E-state index is 0.00306. The van der Waals surface area contributed by atoms with Gasteiger partial charge in [-0.15, -0.1) is 11.3 Å². The van der Waals surface area contributed by atoms with Gasteiger partial charge in [-0.1, -0.05) is 25.7 Å². The third-order valence-corrected chi connectivity index (χ3v) is 5.00. The Bertz CT molecular complexity index is 332. The Labute approximate surface area is 114 Å². The standard InChI is InChI=1S/C14H24N2OS/c1-15-12(11-13-16-9-10-18-13)14(17-2)7-5-3-4-6-8-14/h9-10,12,15H,3-8,11H2,1-2H3. The second-order valence-corrected chi connectivity index (χ2v) is 6.13. The fourth-order valence-electron chi connectivity index (χ4n) is 3.10. The number of methoxy groups -OCH3 is 1. The van der Waals surface area contributed by atoms with Gasteiger partial charge in [0.25, 0.3) is 0 Å². The summed E-state index contributed by atoms with van der Waals surface area (Å²) in [7, 11) is 3.92. The normalized spacial score (nSPS) is 21.4. The first kappa shape index (κ1) is 14.0. The second kappa shape index (κ2) is 6.64. The lowest BCUT2D eigenvalue weighted by Gasteiger charge is -2.39. The van der Waals surface area contributed by atoms with Gasteiger partial charge in [0.05, 0.1) is 10.6 Å². The summed E-state index contributed by atoms with van der Waals surface area (Å²) in [5, 5.41) is 6.73. The zero-order chi connectivity index (χ0) is 12.8. The molecule has 1 atom stereocenters. The smallest absolute Gasteiger partial charge is 0.0941 e. The largest absolute Gasteiger partial charge is 0.377 e. The van der Waals surface area contributed by atoms with E-state index in [1.807, 2.05) is 20.4 Å². The van der Waals surface area contributed by atoms with Crippen molar-refractivity contribution in [3.63, 3.8) is 0 Å². The molecule has 1 aliphatic rings. The van der Waals surface area contributed by atoms with Crippen molar-refractivity contribution in [2.45, 2.75) is 56.6 Å². The first-order chi connectivity index (χ1) is 8.80. The van der Waals surface area contributed by atoms with Gasteiger partial charge in [-0.2, -0.15) is 0 Å². The van der Waals surface area contributed by atoms with Crippen LogP contribution >= 0.6 is 11.3 Å². The van der Waals surface area contributed by atoms with Gasteiger partial charge in [-0.25, -0.2) is 4.98 Å². The van der Waals surface area contributed by atoms with Crippen molar-refractivity contribution in [1.29, 1.82) is 0 Å². The van der Waals surface area contributed by atoms with Crippen molar-refractivity contribution in [2.75, 3.05) is 14.2 Å². The van der Waals surface area contributed by atoms with E-state index in [9.17, 15) is 0 Å². The number of rotatable bonds is 5. The topological polar surface area (TPSA) is 34.2 Å². The summed E-state index contributed by atoms with van der Waals surface area (Å²) < 4.78 is 5.97. The Balaban J connectivity index is 2.11. The molecule has 0 amide bonds. The minimum atomic E-state index is -0.00306. The minimum Gasteiger partial charge on any atom is -0.377 e. The van der Waals surface area contributed by atoms with E-state index in [0.717, 1.165) is 6.42 Å². The van der Waals surface area contributed by atoms with Gasteiger partial charge in [0.15, 0.2) is 0 Å². The number of thiazole rings is 1. The molecule has 1 fully saturated rings. The first-order valence-corrected chi connectivity index (χ1v) is 7.79. The molecular weight excluding hydrogens is 244 g/mol. The Morgan fingerprint density at radius 1 is 1.39 bits per heavy atom. The van der Waals surface area contributed by atoms with E-state index in [1.165, 1.54) is 43.5 Å². The van der Waals surface area contributed by atoms with Crippen LogP contribution < -0.4 is 5.32 Å². The fraction of sp³-hybridized carbons (Fsp3) is 0.786. The van der Waals surface area contributed by atoms with Crippen LogP contribution in [0.1, 0.15) is 43.5 Å². The van der Waals surface area contributed by atoms with Crippen LogP contribution in [0.2, 0.25) is 0 Å². The molecule has 1 N–H and O–H groups in total. The van der Waals surface area contributed by atoms with E-state index < -0.39 is 0 Å². The van der Waals surface area contributed by atoms with Crippen LogP contribution in [0.3, 0.4) is 0 Å². The number of nitrogens with zero attached hydrogens (tertiary/aromatic N) is 1. The van der Waals surface area contributed by atoms with E-state index in [4.69, 9.17) is 4.74 Å². The van der Waals surface area contributed by atoms with Crippen LogP contribution in [0.15, 0.2) is 11.6 Å². The summed E-state index contributed by atoms with van der Waals surface area (Å²) in [6.45, 7) is 0. The summed E-state index contributed by atoms with van der Waals surface area (Å²) in [5.74, 6) is 0. The molecule has 4 heteroatoms. The predicted octanol–water partition coefficient (Wildman–Crippen LogP) is 3.01. The first-order valence-electron chi connectivity index (χ1n) is 6.91. The lowest BCUT2D eigenvalue weighted by Crippen LogP contribution is -2.52.